The molecule has 0 aromatic heterocycles. The lowest BCUT2D eigenvalue weighted by atomic mass is 9.83. The number of ether oxygens (including phenoxy) is 1. The number of benzene rings is 3. The monoisotopic (exact) mass is 483 g/mol. The van der Waals surface area contributed by atoms with Gasteiger partial charge >= 0.3 is 0 Å². The molecule has 3 aromatic rings. The van der Waals surface area contributed by atoms with Gasteiger partial charge in [0.15, 0.2) is 0 Å². The second-order valence-electron chi connectivity index (χ2n) is 8.20. The number of hydrogen-bond acceptors (Lipinski definition) is 5. The lowest BCUT2D eigenvalue weighted by Crippen LogP contribution is -2.42. The molecule has 3 atom stereocenters. The molecular weight excluding hydrogens is 462 g/mol. The van der Waals surface area contributed by atoms with E-state index in [1.807, 2.05) is 0 Å². The molecule has 2 N–H and O–H groups in total. The second-order valence-corrected chi connectivity index (χ2v) is 10.8. The van der Waals surface area contributed by atoms with Crippen LogP contribution in [0, 0.1) is 0 Å². The molecule has 170 valence electrons. The maximum Gasteiger partial charge on any atom is 0.240 e. The van der Waals surface area contributed by atoms with Gasteiger partial charge in [-0.2, -0.15) is 0 Å². The quantitative estimate of drug-likeness (QED) is 0.550. The summed E-state index contributed by atoms with van der Waals surface area (Å²) in [6, 6.07) is 20.3. The summed E-state index contributed by atoms with van der Waals surface area (Å²) in [6.07, 6.45) is -0.791. The molecule has 0 unspecified atom stereocenters. The number of hydrogen-bond donors (Lipinski definition) is 2. The summed E-state index contributed by atoms with van der Waals surface area (Å²) in [6.45, 7) is 0. The number of phenols is 2. The molecule has 2 heterocycles. The highest BCUT2D eigenvalue weighted by atomic mass is 35.5. The lowest BCUT2D eigenvalue weighted by Gasteiger charge is -2.30. The Hall–Kier alpha value is -3.00. The molecule has 0 radical (unpaired) electrons. The van der Waals surface area contributed by atoms with Crippen molar-refractivity contribution < 1.29 is 23.4 Å². The summed E-state index contributed by atoms with van der Waals surface area (Å²) in [5.41, 5.74) is 3.73. The average Bonchev–Trinajstić information content (AvgIpc) is 3.40. The molecule has 33 heavy (non-hydrogen) atoms. The smallest absolute Gasteiger partial charge is 0.240 e. The van der Waals surface area contributed by atoms with E-state index in [0.717, 1.165) is 22.3 Å². The van der Waals surface area contributed by atoms with Gasteiger partial charge in [-0.3, -0.25) is 4.31 Å². The highest BCUT2D eigenvalue weighted by Crippen LogP contribution is 2.51. The van der Waals surface area contributed by atoms with Crippen molar-refractivity contribution in [3.8, 4) is 11.5 Å². The van der Waals surface area contributed by atoms with Crippen LogP contribution in [0.3, 0.4) is 0 Å². The molecule has 3 aromatic carbocycles. The Morgan fingerprint density at radius 3 is 2.00 bits per heavy atom. The van der Waals surface area contributed by atoms with E-state index < -0.39 is 27.5 Å². The van der Waals surface area contributed by atoms with Gasteiger partial charge < -0.3 is 14.9 Å². The second kappa shape index (κ2) is 8.09. The molecule has 8 heteroatoms. The number of rotatable bonds is 5. The number of para-hydroxylation sites is 1. The van der Waals surface area contributed by atoms with Gasteiger partial charge in [-0.1, -0.05) is 48.0 Å². The van der Waals surface area contributed by atoms with E-state index in [4.69, 9.17) is 16.3 Å². The standard InChI is InChI=1S/C25H22ClNO5S/c1-27(20-5-3-2-4-19(20)26)33(30,31)22-14-21-23(15-6-10-17(28)11-7-15)24(25(22)32-21)16-8-12-18(29)13-9-16/h2-13,21-22,25,28-29H,14H2,1H3/t21-,22+,25+/m1/s1. The summed E-state index contributed by atoms with van der Waals surface area (Å²) in [4.78, 5) is 0. The van der Waals surface area contributed by atoms with Crippen molar-refractivity contribution >= 4 is 38.5 Å². The van der Waals surface area contributed by atoms with E-state index >= 15 is 0 Å². The van der Waals surface area contributed by atoms with E-state index in [1.54, 1.807) is 72.8 Å². The van der Waals surface area contributed by atoms with Gasteiger partial charge in [0.25, 0.3) is 0 Å². The minimum Gasteiger partial charge on any atom is -0.508 e. The van der Waals surface area contributed by atoms with E-state index in [0.29, 0.717) is 17.1 Å². The minimum atomic E-state index is -3.81. The zero-order valence-electron chi connectivity index (χ0n) is 17.7. The maximum atomic E-state index is 13.7. The predicted octanol–water partition coefficient (Wildman–Crippen LogP) is 4.67. The zero-order chi connectivity index (χ0) is 23.3. The minimum absolute atomic E-state index is 0.122. The first-order valence-corrected chi connectivity index (χ1v) is 12.4. The number of aromatic hydroxyl groups is 2. The lowest BCUT2D eigenvalue weighted by molar-refractivity contribution is 0.128. The molecular formula is C25H22ClNO5S. The van der Waals surface area contributed by atoms with Gasteiger partial charge in [-0.05, 0) is 65.1 Å². The van der Waals surface area contributed by atoms with Crippen LogP contribution in [0.25, 0.3) is 11.1 Å². The zero-order valence-corrected chi connectivity index (χ0v) is 19.3. The number of nitrogens with zero attached hydrogens (tertiary/aromatic N) is 1. The fraction of sp³-hybridized carbons (Fsp3) is 0.200. The maximum absolute atomic E-state index is 13.7. The summed E-state index contributed by atoms with van der Waals surface area (Å²) in [5, 5.41) is 19.0. The van der Waals surface area contributed by atoms with Gasteiger partial charge in [0, 0.05) is 7.05 Å². The molecule has 1 fully saturated rings. The van der Waals surface area contributed by atoms with Crippen molar-refractivity contribution in [2.75, 3.05) is 11.4 Å². The Balaban J connectivity index is 1.60. The molecule has 0 amide bonds. The third-order valence-corrected chi connectivity index (χ3v) is 8.79. The third-order valence-electron chi connectivity index (χ3n) is 6.30. The highest BCUT2D eigenvalue weighted by molar-refractivity contribution is 7.93. The van der Waals surface area contributed by atoms with Crippen LogP contribution in [0.4, 0.5) is 5.69 Å². The first-order chi connectivity index (χ1) is 15.8. The van der Waals surface area contributed by atoms with Gasteiger partial charge in [-0.25, -0.2) is 8.42 Å². The Kier molecular flexibility index (Phi) is 5.35. The number of sulfonamides is 1. The van der Waals surface area contributed by atoms with Crippen molar-refractivity contribution in [1.82, 2.24) is 0 Å². The Labute approximate surface area is 197 Å². The molecule has 0 saturated carbocycles. The number of anilines is 1. The van der Waals surface area contributed by atoms with Crippen LogP contribution in [0.5, 0.6) is 11.5 Å². The molecule has 2 aliphatic rings. The fourth-order valence-electron chi connectivity index (χ4n) is 4.69. The normalized spacial score (nSPS) is 22.1. The Morgan fingerprint density at radius 2 is 1.42 bits per heavy atom. The number of halogens is 1. The van der Waals surface area contributed by atoms with Crippen molar-refractivity contribution in [2.45, 2.75) is 23.9 Å². The van der Waals surface area contributed by atoms with Gasteiger partial charge in [0.05, 0.1) is 16.8 Å². The third kappa shape index (κ3) is 3.66. The van der Waals surface area contributed by atoms with Gasteiger partial charge in [0.2, 0.25) is 10.0 Å². The van der Waals surface area contributed by atoms with E-state index in [9.17, 15) is 18.6 Å². The summed E-state index contributed by atoms with van der Waals surface area (Å²) < 4.78 is 34.9. The number of phenolic OH excluding ortho intramolecular Hbond substituents is 2. The van der Waals surface area contributed by atoms with Crippen LogP contribution in [0.1, 0.15) is 17.5 Å². The van der Waals surface area contributed by atoms with Crippen LogP contribution in [-0.4, -0.2) is 43.1 Å². The summed E-state index contributed by atoms with van der Waals surface area (Å²) in [7, 11) is -2.30. The molecule has 0 aliphatic carbocycles. The van der Waals surface area contributed by atoms with Crippen molar-refractivity contribution in [2.24, 2.45) is 0 Å². The highest BCUT2D eigenvalue weighted by Gasteiger charge is 2.53. The van der Waals surface area contributed by atoms with Crippen LogP contribution in [-0.2, 0) is 14.8 Å². The number of fused-ring (bicyclic) bond motifs is 2. The SMILES string of the molecule is CN(c1ccccc1Cl)S(=O)(=O)[C@H]1C[C@H]2O[C@@H]1C(c1ccc(O)cc1)=C2c1ccc(O)cc1. The average molecular weight is 484 g/mol. The van der Waals surface area contributed by atoms with Gasteiger partial charge in [-0.15, -0.1) is 0 Å². The molecule has 5 rings (SSSR count). The van der Waals surface area contributed by atoms with Crippen molar-refractivity contribution in [3.63, 3.8) is 0 Å². The Bertz CT molecular complexity index is 1340. The van der Waals surface area contributed by atoms with Crippen molar-refractivity contribution in [3.05, 3.63) is 88.9 Å². The van der Waals surface area contributed by atoms with E-state index in [1.165, 1.54) is 11.4 Å². The summed E-state index contributed by atoms with van der Waals surface area (Å²) >= 11 is 6.28. The largest absolute Gasteiger partial charge is 0.508 e. The summed E-state index contributed by atoms with van der Waals surface area (Å²) in [5.74, 6) is 0.272. The Morgan fingerprint density at radius 1 is 0.879 bits per heavy atom. The first kappa shape index (κ1) is 21.8. The van der Waals surface area contributed by atoms with E-state index in [2.05, 4.69) is 0 Å². The molecule has 6 nitrogen and oxygen atoms in total. The van der Waals surface area contributed by atoms with Crippen molar-refractivity contribution in [1.29, 1.82) is 0 Å². The topological polar surface area (TPSA) is 87.1 Å². The van der Waals surface area contributed by atoms with Gasteiger partial charge in [0.1, 0.15) is 22.9 Å². The van der Waals surface area contributed by atoms with Crippen LogP contribution >= 0.6 is 11.6 Å². The predicted molar refractivity (Wildman–Crippen MR) is 129 cm³/mol. The molecule has 2 bridgehead atoms. The molecule has 1 saturated heterocycles. The van der Waals surface area contributed by atoms with E-state index in [-0.39, 0.29) is 11.5 Å². The van der Waals surface area contributed by atoms with Crippen LogP contribution < -0.4 is 4.31 Å². The first-order valence-electron chi connectivity index (χ1n) is 10.5. The molecule has 0 spiro atoms. The van der Waals surface area contributed by atoms with Crippen LogP contribution in [0.2, 0.25) is 5.02 Å². The van der Waals surface area contributed by atoms with Crippen LogP contribution in [0.15, 0.2) is 72.8 Å². The molecule has 2 aliphatic heterocycles. The fourth-order valence-corrected chi connectivity index (χ4v) is 6.77.